The SMILES string of the molecule is COCCCNC(=O)[C@@H](N)CC(C)C.Cl. The highest BCUT2D eigenvalue weighted by atomic mass is 35.5. The highest BCUT2D eigenvalue weighted by Gasteiger charge is 2.13. The zero-order chi connectivity index (χ0) is 11.0. The zero-order valence-corrected chi connectivity index (χ0v) is 10.6. The molecule has 5 heteroatoms. The molecule has 0 aromatic rings. The number of methoxy groups -OCH3 is 1. The van der Waals surface area contributed by atoms with E-state index in [1.807, 2.05) is 0 Å². The Morgan fingerprint density at radius 2 is 2.07 bits per heavy atom. The lowest BCUT2D eigenvalue weighted by Crippen LogP contribution is -2.41. The molecule has 92 valence electrons. The van der Waals surface area contributed by atoms with Gasteiger partial charge in [-0.05, 0) is 18.8 Å². The molecule has 0 saturated heterocycles. The van der Waals surface area contributed by atoms with Gasteiger partial charge in [-0.3, -0.25) is 4.79 Å². The van der Waals surface area contributed by atoms with Crippen LogP contribution in [0.5, 0.6) is 0 Å². The minimum atomic E-state index is -0.377. The largest absolute Gasteiger partial charge is 0.385 e. The molecule has 3 N–H and O–H groups in total. The minimum absolute atomic E-state index is 0. The average Bonchev–Trinajstić information content (AvgIpc) is 2.11. The Morgan fingerprint density at radius 3 is 2.53 bits per heavy atom. The van der Waals surface area contributed by atoms with Crippen LogP contribution in [0, 0.1) is 5.92 Å². The van der Waals surface area contributed by atoms with Crippen LogP contribution in [0.2, 0.25) is 0 Å². The van der Waals surface area contributed by atoms with Gasteiger partial charge in [0.15, 0.2) is 0 Å². The fourth-order valence-electron chi connectivity index (χ4n) is 1.17. The van der Waals surface area contributed by atoms with E-state index in [1.54, 1.807) is 7.11 Å². The first-order chi connectivity index (χ1) is 6.57. The van der Waals surface area contributed by atoms with Crippen LogP contribution in [0.1, 0.15) is 26.7 Å². The van der Waals surface area contributed by atoms with Crippen LogP contribution in [0.25, 0.3) is 0 Å². The first-order valence-corrected chi connectivity index (χ1v) is 5.10. The monoisotopic (exact) mass is 238 g/mol. The van der Waals surface area contributed by atoms with Gasteiger partial charge < -0.3 is 15.8 Å². The van der Waals surface area contributed by atoms with E-state index in [1.165, 1.54) is 0 Å². The molecule has 15 heavy (non-hydrogen) atoms. The van der Waals surface area contributed by atoms with Crippen molar-refractivity contribution in [1.29, 1.82) is 0 Å². The second kappa shape index (κ2) is 10.2. The van der Waals surface area contributed by atoms with Crippen LogP contribution in [0.3, 0.4) is 0 Å². The van der Waals surface area contributed by atoms with Crippen molar-refractivity contribution < 1.29 is 9.53 Å². The second-order valence-electron chi connectivity index (χ2n) is 3.87. The van der Waals surface area contributed by atoms with Crippen LogP contribution in [0.15, 0.2) is 0 Å². The third kappa shape index (κ3) is 9.97. The fraction of sp³-hybridized carbons (Fsp3) is 0.900. The molecular weight excluding hydrogens is 216 g/mol. The number of nitrogens with two attached hydrogens (primary N) is 1. The van der Waals surface area contributed by atoms with Gasteiger partial charge in [-0.2, -0.15) is 0 Å². The maximum absolute atomic E-state index is 11.4. The molecule has 0 aromatic carbocycles. The highest BCUT2D eigenvalue weighted by Crippen LogP contribution is 2.02. The van der Waals surface area contributed by atoms with Crippen LogP contribution in [-0.2, 0) is 9.53 Å². The summed E-state index contributed by atoms with van der Waals surface area (Å²) in [6, 6.07) is -0.377. The van der Waals surface area contributed by atoms with E-state index < -0.39 is 0 Å². The summed E-state index contributed by atoms with van der Waals surface area (Å²) in [5, 5.41) is 2.78. The van der Waals surface area contributed by atoms with Crippen LogP contribution in [0.4, 0.5) is 0 Å². The summed E-state index contributed by atoms with van der Waals surface area (Å²) in [6.45, 7) is 5.41. The number of rotatable bonds is 7. The predicted molar refractivity (Wildman–Crippen MR) is 64.2 cm³/mol. The maximum Gasteiger partial charge on any atom is 0.236 e. The summed E-state index contributed by atoms with van der Waals surface area (Å²) >= 11 is 0. The summed E-state index contributed by atoms with van der Waals surface area (Å²) in [5.41, 5.74) is 5.69. The molecule has 0 aliphatic rings. The third-order valence-electron chi connectivity index (χ3n) is 1.89. The molecule has 0 radical (unpaired) electrons. The number of hydrogen-bond acceptors (Lipinski definition) is 3. The van der Waals surface area contributed by atoms with E-state index in [2.05, 4.69) is 19.2 Å². The fourth-order valence-corrected chi connectivity index (χ4v) is 1.17. The minimum Gasteiger partial charge on any atom is -0.385 e. The molecular formula is C10H23ClN2O2. The summed E-state index contributed by atoms with van der Waals surface area (Å²) < 4.78 is 4.87. The number of carbonyl (C=O) groups is 1. The van der Waals surface area contributed by atoms with Crippen molar-refractivity contribution in [3.8, 4) is 0 Å². The van der Waals surface area contributed by atoms with E-state index in [0.29, 0.717) is 19.1 Å². The maximum atomic E-state index is 11.4. The topological polar surface area (TPSA) is 64.3 Å². The van der Waals surface area contributed by atoms with Gasteiger partial charge in [-0.15, -0.1) is 12.4 Å². The van der Waals surface area contributed by atoms with E-state index in [-0.39, 0.29) is 24.4 Å². The van der Waals surface area contributed by atoms with Crippen molar-refractivity contribution in [3.05, 3.63) is 0 Å². The molecule has 0 heterocycles. The van der Waals surface area contributed by atoms with E-state index in [9.17, 15) is 4.79 Å². The Kier molecular flexibility index (Phi) is 11.6. The molecule has 1 amide bonds. The van der Waals surface area contributed by atoms with Gasteiger partial charge in [-0.1, -0.05) is 13.8 Å². The van der Waals surface area contributed by atoms with Gasteiger partial charge in [0, 0.05) is 20.3 Å². The number of ether oxygens (including phenoxy) is 1. The molecule has 0 rings (SSSR count). The summed E-state index contributed by atoms with van der Waals surface area (Å²) in [5.74, 6) is 0.393. The van der Waals surface area contributed by atoms with Crippen molar-refractivity contribution in [2.75, 3.05) is 20.3 Å². The molecule has 4 nitrogen and oxygen atoms in total. The molecule has 0 fully saturated rings. The molecule has 1 atom stereocenters. The number of nitrogens with one attached hydrogen (secondary N) is 1. The van der Waals surface area contributed by atoms with E-state index in [4.69, 9.17) is 10.5 Å². The zero-order valence-electron chi connectivity index (χ0n) is 9.79. The molecule has 0 aliphatic heterocycles. The Morgan fingerprint density at radius 1 is 1.47 bits per heavy atom. The molecule has 0 bridgehead atoms. The molecule has 0 spiro atoms. The third-order valence-corrected chi connectivity index (χ3v) is 1.89. The normalized spacial score (nSPS) is 12.1. The summed E-state index contributed by atoms with van der Waals surface area (Å²) in [4.78, 5) is 11.4. The number of halogens is 1. The molecule has 0 unspecified atom stereocenters. The molecule has 0 saturated carbocycles. The summed E-state index contributed by atoms with van der Waals surface area (Å²) in [7, 11) is 1.65. The van der Waals surface area contributed by atoms with E-state index in [0.717, 1.165) is 12.8 Å². The lowest BCUT2D eigenvalue weighted by atomic mass is 10.0. The predicted octanol–water partition coefficient (Wildman–Crippen LogP) is 0.934. The van der Waals surface area contributed by atoms with Crippen molar-refractivity contribution in [2.45, 2.75) is 32.7 Å². The van der Waals surface area contributed by atoms with Crippen molar-refractivity contribution in [3.63, 3.8) is 0 Å². The van der Waals surface area contributed by atoms with Crippen LogP contribution >= 0.6 is 12.4 Å². The lowest BCUT2D eigenvalue weighted by Gasteiger charge is -2.13. The smallest absolute Gasteiger partial charge is 0.236 e. The first-order valence-electron chi connectivity index (χ1n) is 5.10. The van der Waals surface area contributed by atoms with Crippen LogP contribution < -0.4 is 11.1 Å². The number of hydrogen-bond donors (Lipinski definition) is 2. The number of amides is 1. The van der Waals surface area contributed by atoms with Gasteiger partial charge in [0.25, 0.3) is 0 Å². The number of carbonyl (C=O) groups excluding carboxylic acids is 1. The standard InChI is InChI=1S/C10H22N2O2.ClH/c1-8(2)7-9(11)10(13)12-5-4-6-14-3;/h8-9H,4-7,11H2,1-3H3,(H,12,13);1H/t9-;/m0./s1. The molecule has 0 aliphatic carbocycles. The summed E-state index contributed by atoms with van der Waals surface area (Å²) in [6.07, 6.45) is 1.56. The van der Waals surface area contributed by atoms with E-state index >= 15 is 0 Å². The lowest BCUT2D eigenvalue weighted by molar-refractivity contribution is -0.122. The van der Waals surface area contributed by atoms with Crippen molar-refractivity contribution in [1.82, 2.24) is 5.32 Å². The Hall–Kier alpha value is -0.320. The van der Waals surface area contributed by atoms with Crippen molar-refractivity contribution >= 4 is 18.3 Å². The Labute approximate surface area is 98.3 Å². The van der Waals surface area contributed by atoms with Crippen LogP contribution in [-0.4, -0.2) is 32.2 Å². The van der Waals surface area contributed by atoms with Crippen molar-refractivity contribution in [2.24, 2.45) is 11.7 Å². The average molecular weight is 239 g/mol. The van der Waals surface area contributed by atoms with Gasteiger partial charge in [0.1, 0.15) is 0 Å². The second-order valence-corrected chi connectivity index (χ2v) is 3.87. The quantitative estimate of drug-likeness (QED) is 0.649. The Balaban J connectivity index is 0. The molecule has 0 aromatic heterocycles. The Bertz CT molecular complexity index is 166. The van der Waals surface area contributed by atoms with Gasteiger partial charge in [0.2, 0.25) is 5.91 Å². The first kappa shape index (κ1) is 17.1. The highest BCUT2D eigenvalue weighted by molar-refractivity contribution is 5.85. The van der Waals surface area contributed by atoms with Gasteiger partial charge >= 0.3 is 0 Å². The van der Waals surface area contributed by atoms with Gasteiger partial charge in [0.05, 0.1) is 6.04 Å². The van der Waals surface area contributed by atoms with Gasteiger partial charge in [-0.25, -0.2) is 0 Å².